The van der Waals surface area contributed by atoms with E-state index in [1.54, 1.807) is 24.4 Å². The van der Waals surface area contributed by atoms with Gasteiger partial charge < -0.3 is 34.7 Å². The molecule has 2 aromatic heterocycles. The van der Waals surface area contributed by atoms with Crippen molar-refractivity contribution in [3.05, 3.63) is 48.2 Å². The number of amides is 1. The SMILES string of the molecule is CN(C)CCCNC(=O)C1(C)COC(c2nc(-c3ccc(F)cc3)c(-c3ccnc(NCCCN4CCOCC4)n3)[nH]2)OC1. The number of benzene rings is 1. The van der Waals surface area contributed by atoms with Gasteiger partial charge in [-0.1, -0.05) is 0 Å². The number of morpholine rings is 1. The zero-order valence-electron chi connectivity index (χ0n) is 25.8. The molecule has 4 heterocycles. The first kappa shape index (κ1) is 31.9. The second-order valence-electron chi connectivity index (χ2n) is 11.8. The van der Waals surface area contributed by atoms with Gasteiger partial charge in [0.05, 0.1) is 48.9 Å². The molecular weight excluding hydrogens is 567 g/mol. The summed E-state index contributed by atoms with van der Waals surface area (Å²) < 4.78 is 31.3. The number of anilines is 1. The standard InChI is InChI=1S/C31H43FN8O4/c1-31(29(41)33-11-4-14-39(2)3)20-43-28(44-21-31)27-37-25(22-6-8-23(32)9-7-22)26(38-27)24-10-13-35-30(36-24)34-12-5-15-40-16-18-42-19-17-40/h6-10,13,28H,4-5,11-12,14-21H2,1-3H3,(H,33,41)(H,37,38)(H,34,35,36). The monoisotopic (exact) mass is 610 g/mol. The second-order valence-corrected chi connectivity index (χ2v) is 11.8. The fourth-order valence-electron chi connectivity index (χ4n) is 5.12. The number of hydrogen-bond donors (Lipinski definition) is 3. The van der Waals surface area contributed by atoms with Crippen LogP contribution in [0.2, 0.25) is 0 Å². The lowest BCUT2D eigenvalue weighted by molar-refractivity contribution is -0.231. The van der Waals surface area contributed by atoms with Crippen LogP contribution in [0.1, 0.15) is 31.9 Å². The van der Waals surface area contributed by atoms with Crippen molar-refractivity contribution < 1.29 is 23.4 Å². The van der Waals surface area contributed by atoms with Gasteiger partial charge >= 0.3 is 0 Å². The Morgan fingerprint density at radius 2 is 1.84 bits per heavy atom. The van der Waals surface area contributed by atoms with Gasteiger partial charge in [0, 0.05) is 37.9 Å². The molecule has 2 aliphatic heterocycles. The Kier molecular flexibility index (Phi) is 10.9. The summed E-state index contributed by atoms with van der Waals surface area (Å²) in [6.07, 6.45) is 2.69. The number of nitrogens with zero attached hydrogens (tertiary/aromatic N) is 5. The van der Waals surface area contributed by atoms with Crippen LogP contribution >= 0.6 is 0 Å². The number of ether oxygens (including phenoxy) is 3. The second kappa shape index (κ2) is 15.0. The summed E-state index contributed by atoms with van der Waals surface area (Å²) >= 11 is 0. The van der Waals surface area contributed by atoms with E-state index in [1.165, 1.54) is 12.1 Å². The molecular formula is C31H43FN8O4. The first-order valence-corrected chi connectivity index (χ1v) is 15.2. The van der Waals surface area contributed by atoms with Crippen LogP contribution in [0.4, 0.5) is 10.3 Å². The molecule has 2 saturated heterocycles. The summed E-state index contributed by atoms with van der Waals surface area (Å²) in [5.41, 5.74) is 1.71. The molecule has 0 atom stereocenters. The third-order valence-electron chi connectivity index (χ3n) is 7.74. The van der Waals surface area contributed by atoms with Crippen LogP contribution < -0.4 is 10.6 Å². The van der Waals surface area contributed by atoms with Gasteiger partial charge in [0.25, 0.3) is 0 Å². The fourth-order valence-corrected chi connectivity index (χ4v) is 5.12. The Morgan fingerprint density at radius 1 is 1.09 bits per heavy atom. The Hall–Kier alpha value is -3.49. The average molecular weight is 611 g/mol. The molecule has 0 radical (unpaired) electrons. The minimum atomic E-state index is -0.821. The molecule has 238 valence electrons. The molecule has 5 rings (SSSR count). The molecule has 44 heavy (non-hydrogen) atoms. The van der Waals surface area contributed by atoms with E-state index in [9.17, 15) is 9.18 Å². The highest BCUT2D eigenvalue weighted by molar-refractivity contribution is 5.82. The van der Waals surface area contributed by atoms with E-state index in [1.807, 2.05) is 21.0 Å². The molecule has 2 aliphatic rings. The van der Waals surface area contributed by atoms with E-state index in [0.717, 1.165) is 58.8 Å². The maximum absolute atomic E-state index is 13.8. The van der Waals surface area contributed by atoms with Crippen molar-refractivity contribution in [2.24, 2.45) is 5.41 Å². The van der Waals surface area contributed by atoms with E-state index >= 15 is 0 Å². The summed E-state index contributed by atoms with van der Waals surface area (Å²) in [7, 11) is 4.01. The predicted octanol–water partition coefficient (Wildman–Crippen LogP) is 2.93. The van der Waals surface area contributed by atoms with Gasteiger partial charge in [-0.3, -0.25) is 9.69 Å². The topological polar surface area (TPSA) is 130 Å². The normalized spacial score (nSPS) is 21.0. The van der Waals surface area contributed by atoms with Gasteiger partial charge in [0.15, 0.2) is 5.82 Å². The van der Waals surface area contributed by atoms with E-state index in [4.69, 9.17) is 24.2 Å². The smallest absolute Gasteiger partial charge is 0.230 e. The lowest BCUT2D eigenvalue weighted by Gasteiger charge is -2.35. The summed E-state index contributed by atoms with van der Waals surface area (Å²) in [6, 6.07) is 7.93. The zero-order valence-corrected chi connectivity index (χ0v) is 25.8. The number of carbonyl (C=O) groups is 1. The lowest BCUT2D eigenvalue weighted by atomic mass is 9.91. The molecule has 13 heteroatoms. The number of hydrogen-bond acceptors (Lipinski definition) is 10. The molecule has 3 N–H and O–H groups in total. The summed E-state index contributed by atoms with van der Waals surface area (Å²) in [4.78, 5) is 34.7. The minimum absolute atomic E-state index is 0.104. The maximum atomic E-state index is 13.8. The van der Waals surface area contributed by atoms with Crippen molar-refractivity contribution in [1.82, 2.24) is 35.1 Å². The third kappa shape index (κ3) is 8.36. The summed E-state index contributed by atoms with van der Waals surface area (Å²) in [6.45, 7) is 8.84. The summed E-state index contributed by atoms with van der Waals surface area (Å²) in [5.74, 6) is 0.497. The van der Waals surface area contributed by atoms with Crippen LogP contribution in [0, 0.1) is 11.2 Å². The molecule has 1 aromatic carbocycles. The van der Waals surface area contributed by atoms with Crippen molar-refractivity contribution >= 4 is 11.9 Å². The van der Waals surface area contributed by atoms with Crippen LogP contribution in [0.3, 0.4) is 0 Å². The van der Waals surface area contributed by atoms with Crippen LogP contribution in [0.15, 0.2) is 36.5 Å². The van der Waals surface area contributed by atoms with Gasteiger partial charge in [-0.05, 0) is 77.3 Å². The van der Waals surface area contributed by atoms with E-state index in [-0.39, 0.29) is 24.9 Å². The Labute approximate surface area is 257 Å². The largest absolute Gasteiger partial charge is 0.379 e. The molecule has 12 nitrogen and oxygen atoms in total. The highest BCUT2D eigenvalue weighted by atomic mass is 19.1. The van der Waals surface area contributed by atoms with Gasteiger partial charge in [0.1, 0.15) is 5.82 Å². The van der Waals surface area contributed by atoms with Crippen molar-refractivity contribution in [3.63, 3.8) is 0 Å². The number of H-pyrrole nitrogens is 1. The van der Waals surface area contributed by atoms with Crippen LogP contribution in [0.5, 0.6) is 0 Å². The van der Waals surface area contributed by atoms with Crippen molar-refractivity contribution in [1.29, 1.82) is 0 Å². The maximum Gasteiger partial charge on any atom is 0.230 e. The Balaban J connectivity index is 1.27. The molecule has 0 saturated carbocycles. The number of aromatic amines is 1. The third-order valence-corrected chi connectivity index (χ3v) is 7.74. The lowest BCUT2D eigenvalue weighted by Crippen LogP contribution is -2.49. The molecule has 0 aliphatic carbocycles. The fraction of sp³-hybridized carbons (Fsp3) is 0.548. The predicted molar refractivity (Wildman–Crippen MR) is 164 cm³/mol. The van der Waals surface area contributed by atoms with Crippen molar-refractivity contribution in [2.75, 3.05) is 85.1 Å². The van der Waals surface area contributed by atoms with E-state index in [0.29, 0.717) is 41.0 Å². The first-order chi connectivity index (χ1) is 21.3. The molecule has 3 aromatic rings. The van der Waals surface area contributed by atoms with Crippen molar-refractivity contribution in [2.45, 2.75) is 26.1 Å². The molecule has 0 unspecified atom stereocenters. The van der Waals surface area contributed by atoms with Crippen molar-refractivity contribution in [3.8, 4) is 22.6 Å². The minimum Gasteiger partial charge on any atom is -0.379 e. The number of aromatic nitrogens is 4. The van der Waals surface area contributed by atoms with Gasteiger partial charge in [0.2, 0.25) is 18.1 Å². The highest BCUT2D eigenvalue weighted by Gasteiger charge is 2.40. The number of imidazole rings is 1. The molecule has 0 bridgehead atoms. The number of carbonyl (C=O) groups excluding carboxylic acids is 1. The molecule has 1 amide bonds. The number of halogens is 1. The quantitative estimate of drug-likeness (QED) is 0.249. The molecule has 0 spiro atoms. The Morgan fingerprint density at radius 3 is 2.57 bits per heavy atom. The van der Waals surface area contributed by atoms with E-state index in [2.05, 4.69) is 30.4 Å². The molecule has 2 fully saturated rings. The van der Waals surface area contributed by atoms with Gasteiger partial charge in [-0.2, -0.15) is 0 Å². The first-order valence-electron chi connectivity index (χ1n) is 15.2. The number of rotatable bonds is 13. The van der Waals surface area contributed by atoms with Gasteiger partial charge in [-0.25, -0.2) is 19.3 Å². The zero-order chi connectivity index (χ0) is 30.9. The summed E-state index contributed by atoms with van der Waals surface area (Å²) in [5, 5.41) is 6.32. The average Bonchev–Trinajstić information content (AvgIpc) is 3.48. The van der Waals surface area contributed by atoms with Gasteiger partial charge in [-0.15, -0.1) is 0 Å². The van der Waals surface area contributed by atoms with E-state index < -0.39 is 11.7 Å². The van der Waals surface area contributed by atoms with Crippen LogP contribution in [-0.2, 0) is 19.0 Å². The highest BCUT2D eigenvalue weighted by Crippen LogP contribution is 2.35. The van der Waals surface area contributed by atoms with Crippen LogP contribution in [0.25, 0.3) is 22.6 Å². The number of nitrogens with one attached hydrogen (secondary N) is 3. The Bertz CT molecular complexity index is 1350. The van der Waals surface area contributed by atoms with Crippen LogP contribution in [-0.4, -0.2) is 115 Å².